The Morgan fingerprint density at radius 3 is 2.72 bits per heavy atom. The first kappa shape index (κ1) is 28.2. The second-order valence-electron chi connectivity index (χ2n) is 12.6. The van der Waals surface area contributed by atoms with Crippen molar-refractivity contribution in [2.24, 2.45) is 34.0 Å². The quantitative estimate of drug-likeness (QED) is 0.332. The summed E-state index contributed by atoms with van der Waals surface area (Å²) in [4.78, 5) is 26.6. The van der Waals surface area contributed by atoms with E-state index < -0.39 is 71.8 Å². The number of hydrogen-bond donors (Lipinski definition) is 2. The molecular weight excluding hydrogens is 509 g/mol. The minimum Gasteiger partial charge on any atom is -0.479 e. The molecule has 3 fully saturated rings. The van der Waals surface area contributed by atoms with Crippen LogP contribution in [0.15, 0.2) is 24.8 Å². The summed E-state index contributed by atoms with van der Waals surface area (Å²) < 4.78 is 46.7. The molecule has 9 atom stereocenters. The molecule has 1 heterocycles. The summed E-state index contributed by atoms with van der Waals surface area (Å²) in [6.07, 6.45) is -0.239. The van der Waals surface area contributed by atoms with Crippen LogP contribution in [0.1, 0.15) is 58.9 Å². The molecule has 7 nitrogen and oxygen atoms in total. The van der Waals surface area contributed by atoms with Crippen LogP contribution in [-0.2, 0) is 25.6 Å². The lowest BCUT2D eigenvalue weighted by atomic mass is 9.44. The lowest BCUT2D eigenvalue weighted by Crippen LogP contribution is -2.63. The number of ketones is 1. The van der Waals surface area contributed by atoms with Crippen LogP contribution >= 0.6 is 0 Å². The van der Waals surface area contributed by atoms with Crippen molar-refractivity contribution in [2.45, 2.75) is 78.4 Å². The third-order valence-corrected chi connectivity index (χ3v) is 10.8. The number of aliphatic hydroxyl groups is 1. The van der Waals surface area contributed by atoms with E-state index in [1.54, 1.807) is 12.1 Å². The number of alkyl halides is 1. The highest BCUT2D eigenvalue weighted by molar-refractivity contribution is 6.61. The zero-order valence-electron chi connectivity index (χ0n) is 22.9. The highest BCUT2D eigenvalue weighted by Gasteiger charge is 2.70. The molecule has 0 saturated heterocycles. The maximum absolute atomic E-state index is 15.2. The fourth-order valence-electron chi connectivity index (χ4n) is 8.15. The first-order chi connectivity index (χ1) is 18.3. The molecule has 2 bridgehead atoms. The molecule has 39 heavy (non-hydrogen) atoms. The third kappa shape index (κ3) is 4.08. The monoisotopic (exact) mass is 546 g/mol. The Bertz CT molecular complexity index is 1190. The van der Waals surface area contributed by atoms with Crippen molar-refractivity contribution in [1.82, 2.24) is 0 Å². The summed E-state index contributed by atoms with van der Waals surface area (Å²) in [6, 6.07) is 2.92. The number of carbonyl (C=O) groups is 2. The number of esters is 1. The van der Waals surface area contributed by atoms with Crippen LogP contribution in [0.25, 0.3) is 0 Å². The van der Waals surface area contributed by atoms with Gasteiger partial charge in [0, 0.05) is 22.2 Å². The predicted octanol–water partition coefficient (Wildman–Crippen LogP) is 3.28. The Labute approximate surface area is 228 Å². The standard InChI is InChI=1S/C29H37BF2O7/c1-6-27(4)12-20(39-21(33)14-37-19-8-7-17-13-38-30(36)22(17)23(19)32)28(5)15(2)9-10-29(16(3)26(27)35)11-18(31)24(34)25(28)29/h6-8,15-16,18,20,25-26,35-36H,1,9-14H2,2-5H3/t15-,16+,18+,20-,25+,26+,27-,28+,29+/m1/s1. The van der Waals surface area contributed by atoms with Crippen molar-refractivity contribution in [2.75, 3.05) is 6.61 Å². The molecule has 1 aromatic carbocycles. The molecule has 0 spiro atoms. The zero-order valence-corrected chi connectivity index (χ0v) is 22.9. The van der Waals surface area contributed by atoms with Crippen LogP contribution < -0.4 is 10.2 Å². The first-order valence-electron chi connectivity index (χ1n) is 13.7. The number of carbonyl (C=O) groups excluding carboxylic acids is 2. The predicted molar refractivity (Wildman–Crippen MR) is 139 cm³/mol. The molecule has 5 rings (SSSR count). The third-order valence-electron chi connectivity index (χ3n) is 10.8. The second kappa shape index (κ2) is 9.66. The fourth-order valence-corrected chi connectivity index (χ4v) is 8.15. The summed E-state index contributed by atoms with van der Waals surface area (Å²) in [5.74, 6) is -3.47. The maximum Gasteiger partial charge on any atom is 0.494 e. The van der Waals surface area contributed by atoms with Gasteiger partial charge in [-0.15, -0.1) is 6.58 Å². The van der Waals surface area contributed by atoms with Crippen LogP contribution in [0.4, 0.5) is 8.78 Å². The van der Waals surface area contributed by atoms with Gasteiger partial charge in [-0.25, -0.2) is 13.6 Å². The lowest BCUT2D eigenvalue weighted by molar-refractivity contribution is -0.207. The number of ether oxygens (including phenoxy) is 2. The molecule has 10 heteroatoms. The number of aliphatic hydroxyl groups excluding tert-OH is 1. The normalized spacial score (nSPS) is 41.3. The molecule has 1 aromatic rings. The molecule has 3 saturated carbocycles. The van der Waals surface area contributed by atoms with Gasteiger partial charge >= 0.3 is 13.1 Å². The van der Waals surface area contributed by atoms with Crippen molar-refractivity contribution in [3.8, 4) is 5.75 Å². The van der Waals surface area contributed by atoms with Gasteiger partial charge < -0.3 is 24.3 Å². The number of hydrogen-bond acceptors (Lipinski definition) is 7. The van der Waals surface area contributed by atoms with Gasteiger partial charge in [0.15, 0.2) is 30.1 Å². The Morgan fingerprint density at radius 2 is 2.03 bits per heavy atom. The Hall–Kier alpha value is -2.30. The van der Waals surface area contributed by atoms with Crippen LogP contribution in [-0.4, -0.2) is 54.0 Å². The Morgan fingerprint density at radius 1 is 1.31 bits per heavy atom. The number of fused-ring (bicyclic) bond motifs is 1. The number of halogens is 2. The van der Waals surface area contributed by atoms with Crippen molar-refractivity contribution in [3.63, 3.8) is 0 Å². The van der Waals surface area contributed by atoms with Gasteiger partial charge in [0.05, 0.1) is 12.7 Å². The molecule has 0 aromatic heterocycles. The lowest BCUT2D eigenvalue weighted by Gasteiger charge is -2.61. The summed E-state index contributed by atoms with van der Waals surface area (Å²) in [6.45, 7) is 11.1. The number of benzene rings is 1. The van der Waals surface area contributed by atoms with Crippen LogP contribution in [0.5, 0.6) is 5.75 Å². The fraction of sp³-hybridized carbons (Fsp3) is 0.655. The highest BCUT2D eigenvalue weighted by atomic mass is 19.1. The second-order valence-corrected chi connectivity index (χ2v) is 12.6. The zero-order chi connectivity index (χ0) is 28.5. The van der Waals surface area contributed by atoms with E-state index >= 15 is 4.39 Å². The van der Waals surface area contributed by atoms with Gasteiger partial charge in [0.2, 0.25) is 0 Å². The average molecular weight is 546 g/mol. The summed E-state index contributed by atoms with van der Waals surface area (Å²) in [7, 11) is -1.41. The molecule has 4 aliphatic rings. The minimum absolute atomic E-state index is 0.0221. The van der Waals surface area contributed by atoms with E-state index in [4.69, 9.17) is 14.1 Å². The van der Waals surface area contributed by atoms with Crippen LogP contribution in [0.3, 0.4) is 0 Å². The molecule has 0 radical (unpaired) electrons. The topological polar surface area (TPSA) is 102 Å². The SMILES string of the molecule is C=C[C@]1(C)C[C@@H](OC(=O)COc2ccc3c(c2F)B(O)OC3)[C@]2(C)[C@H](C)CC[C@]3(C[C@H](F)C(=O)[C@H]32)[C@@H](C)[C@@H]1O. The highest BCUT2D eigenvalue weighted by Crippen LogP contribution is 2.68. The Balaban J connectivity index is 1.46. The molecular formula is C29H37BF2O7. The number of rotatable bonds is 5. The van der Waals surface area contributed by atoms with Gasteiger partial charge in [-0.2, -0.15) is 0 Å². The first-order valence-corrected chi connectivity index (χ1v) is 13.7. The molecule has 2 N–H and O–H groups in total. The Kier molecular flexibility index (Phi) is 7.00. The maximum atomic E-state index is 15.2. The largest absolute Gasteiger partial charge is 0.494 e. The smallest absolute Gasteiger partial charge is 0.479 e. The summed E-state index contributed by atoms with van der Waals surface area (Å²) in [5, 5.41) is 21.5. The molecule has 3 aliphatic carbocycles. The average Bonchev–Trinajstić information content (AvgIpc) is 3.41. The van der Waals surface area contributed by atoms with Gasteiger partial charge in [0.1, 0.15) is 6.10 Å². The van der Waals surface area contributed by atoms with Crippen LogP contribution in [0.2, 0.25) is 0 Å². The molecule has 1 aliphatic heterocycles. The van der Waals surface area contributed by atoms with Crippen molar-refractivity contribution < 1.29 is 42.6 Å². The van der Waals surface area contributed by atoms with Gasteiger partial charge in [0.25, 0.3) is 0 Å². The van der Waals surface area contributed by atoms with Gasteiger partial charge in [-0.1, -0.05) is 39.8 Å². The number of Topliss-reactive ketones (excluding diaryl/α,β-unsaturated/α-hetero) is 1. The molecule has 212 valence electrons. The van der Waals surface area contributed by atoms with Gasteiger partial charge in [-0.3, -0.25) is 4.79 Å². The van der Waals surface area contributed by atoms with E-state index in [0.29, 0.717) is 18.4 Å². The van der Waals surface area contributed by atoms with E-state index in [0.717, 1.165) is 0 Å². The minimum atomic E-state index is -1.64. The summed E-state index contributed by atoms with van der Waals surface area (Å²) >= 11 is 0. The van der Waals surface area contributed by atoms with Gasteiger partial charge in [-0.05, 0) is 54.6 Å². The van der Waals surface area contributed by atoms with E-state index in [9.17, 15) is 24.1 Å². The van der Waals surface area contributed by atoms with Crippen LogP contribution in [0, 0.1) is 39.8 Å². The van der Waals surface area contributed by atoms with Crippen molar-refractivity contribution in [1.29, 1.82) is 0 Å². The summed E-state index contributed by atoms with van der Waals surface area (Å²) in [5.41, 5.74) is -2.06. The van der Waals surface area contributed by atoms with E-state index in [1.807, 2.05) is 27.7 Å². The van der Waals surface area contributed by atoms with Crippen molar-refractivity contribution in [3.05, 3.63) is 36.2 Å². The van der Waals surface area contributed by atoms with Crippen molar-refractivity contribution >= 4 is 24.3 Å². The van der Waals surface area contributed by atoms with E-state index in [2.05, 4.69) is 6.58 Å². The molecule has 0 amide bonds. The van der Waals surface area contributed by atoms with E-state index in [1.165, 1.54) is 6.07 Å². The van der Waals surface area contributed by atoms with E-state index in [-0.39, 0.29) is 42.5 Å². The molecule has 0 unspecified atom stereocenters.